The van der Waals surface area contributed by atoms with E-state index in [-0.39, 0.29) is 18.5 Å². The highest BCUT2D eigenvalue weighted by Gasteiger charge is 2.18. The second kappa shape index (κ2) is 9.01. The Bertz CT molecular complexity index is 883. The molecule has 1 amide bonds. The van der Waals surface area contributed by atoms with Crippen molar-refractivity contribution < 1.29 is 23.8 Å². The number of ether oxygens (including phenoxy) is 3. The number of aryl methyl sites for hydroxylation is 2. The van der Waals surface area contributed by atoms with Gasteiger partial charge in [0.1, 0.15) is 0 Å². The highest BCUT2D eigenvalue weighted by Crippen LogP contribution is 2.32. The summed E-state index contributed by atoms with van der Waals surface area (Å²) >= 11 is 1.39. The molecule has 1 atom stereocenters. The van der Waals surface area contributed by atoms with Crippen LogP contribution in [0.25, 0.3) is 0 Å². The molecule has 0 saturated heterocycles. The lowest BCUT2D eigenvalue weighted by atomic mass is 10.1. The number of fused-ring (bicyclic) bond motifs is 1. The third kappa shape index (κ3) is 5.19. The number of esters is 1. The van der Waals surface area contributed by atoms with Crippen LogP contribution in [0.4, 0.5) is 0 Å². The van der Waals surface area contributed by atoms with Crippen molar-refractivity contribution in [1.82, 2.24) is 5.32 Å². The van der Waals surface area contributed by atoms with Gasteiger partial charge in [-0.2, -0.15) is 0 Å². The van der Waals surface area contributed by atoms with Gasteiger partial charge in [-0.25, -0.2) is 0 Å². The van der Waals surface area contributed by atoms with Crippen molar-refractivity contribution in [3.05, 3.63) is 53.1 Å². The molecule has 0 fully saturated rings. The summed E-state index contributed by atoms with van der Waals surface area (Å²) in [5, 5.41) is 2.76. The molecule has 2 aromatic rings. The van der Waals surface area contributed by atoms with E-state index in [1.54, 1.807) is 13.0 Å². The zero-order chi connectivity index (χ0) is 20.1. The fourth-order valence-electron chi connectivity index (χ4n) is 2.61. The monoisotopic (exact) mass is 401 g/mol. The summed E-state index contributed by atoms with van der Waals surface area (Å²) in [7, 11) is 0. The highest BCUT2D eigenvalue weighted by molar-refractivity contribution is 8.00. The zero-order valence-corrected chi connectivity index (χ0v) is 16.9. The van der Waals surface area contributed by atoms with E-state index in [1.165, 1.54) is 22.9 Å². The third-order valence-corrected chi connectivity index (χ3v) is 5.38. The predicted molar refractivity (Wildman–Crippen MR) is 107 cm³/mol. The van der Waals surface area contributed by atoms with Gasteiger partial charge in [0.05, 0.1) is 5.75 Å². The Balaban J connectivity index is 1.43. The summed E-state index contributed by atoms with van der Waals surface area (Å²) in [6.07, 6.45) is -0.859. The summed E-state index contributed by atoms with van der Waals surface area (Å²) in [6, 6.07) is 11.5. The number of hydrogen-bond donors (Lipinski definition) is 1. The summed E-state index contributed by atoms with van der Waals surface area (Å²) in [6.45, 7) is 6.16. The van der Waals surface area contributed by atoms with Crippen LogP contribution < -0.4 is 14.8 Å². The molecule has 0 bridgehead atoms. The molecule has 1 unspecified atom stereocenters. The first kappa shape index (κ1) is 20.1. The Kier molecular flexibility index (Phi) is 6.46. The molecule has 0 saturated carbocycles. The number of amides is 1. The highest BCUT2D eigenvalue weighted by atomic mass is 32.2. The van der Waals surface area contributed by atoms with E-state index in [0.717, 1.165) is 10.5 Å². The van der Waals surface area contributed by atoms with Crippen LogP contribution in [0.1, 0.15) is 23.6 Å². The first-order valence-electron chi connectivity index (χ1n) is 8.98. The standard InChI is InChI=1S/C21H23NO5S/c1-13-4-6-17(8-14(13)2)28-11-20(23)27-15(3)21(24)22-10-16-5-7-18-19(9-16)26-12-25-18/h4-9,15H,10-12H2,1-3H3,(H,22,24). The van der Waals surface area contributed by atoms with Gasteiger partial charge in [0.25, 0.3) is 5.91 Å². The van der Waals surface area contributed by atoms with Crippen LogP contribution in [-0.2, 0) is 20.9 Å². The minimum atomic E-state index is -0.859. The second-order valence-electron chi connectivity index (χ2n) is 6.57. The Morgan fingerprint density at radius 1 is 1.11 bits per heavy atom. The molecular formula is C21H23NO5S. The van der Waals surface area contributed by atoms with Crippen molar-refractivity contribution in [3.63, 3.8) is 0 Å². The minimum Gasteiger partial charge on any atom is -0.454 e. The van der Waals surface area contributed by atoms with Crippen LogP contribution in [0.15, 0.2) is 41.3 Å². The lowest BCUT2D eigenvalue weighted by molar-refractivity contribution is -0.152. The molecule has 1 aliphatic heterocycles. The Labute approximate surface area is 168 Å². The van der Waals surface area contributed by atoms with Gasteiger partial charge in [0.15, 0.2) is 17.6 Å². The van der Waals surface area contributed by atoms with Crippen LogP contribution in [0.5, 0.6) is 11.5 Å². The first-order chi connectivity index (χ1) is 13.4. The Morgan fingerprint density at radius 3 is 2.68 bits per heavy atom. The fourth-order valence-corrected chi connectivity index (χ4v) is 3.39. The third-order valence-electron chi connectivity index (χ3n) is 4.42. The zero-order valence-electron chi connectivity index (χ0n) is 16.1. The van der Waals surface area contributed by atoms with E-state index in [2.05, 4.69) is 5.32 Å². The molecule has 0 spiro atoms. The van der Waals surface area contributed by atoms with Crippen LogP contribution in [-0.4, -0.2) is 30.5 Å². The maximum Gasteiger partial charge on any atom is 0.317 e. The number of carbonyl (C=O) groups is 2. The topological polar surface area (TPSA) is 73.9 Å². The second-order valence-corrected chi connectivity index (χ2v) is 7.62. The van der Waals surface area contributed by atoms with Crippen molar-refractivity contribution >= 4 is 23.6 Å². The summed E-state index contributed by atoms with van der Waals surface area (Å²) in [5.74, 6) is 0.742. The maximum absolute atomic E-state index is 12.2. The molecule has 148 valence electrons. The molecule has 2 aromatic carbocycles. The van der Waals surface area contributed by atoms with Crippen LogP contribution in [0.2, 0.25) is 0 Å². The molecular weight excluding hydrogens is 378 g/mol. The molecule has 6 nitrogen and oxygen atoms in total. The van der Waals surface area contributed by atoms with E-state index in [9.17, 15) is 9.59 Å². The lowest BCUT2D eigenvalue weighted by Crippen LogP contribution is -2.35. The van der Waals surface area contributed by atoms with Crippen LogP contribution in [0.3, 0.4) is 0 Å². The van der Waals surface area contributed by atoms with Crippen LogP contribution >= 0.6 is 11.8 Å². The van der Waals surface area contributed by atoms with Gasteiger partial charge in [-0.05, 0) is 61.7 Å². The van der Waals surface area contributed by atoms with Crippen molar-refractivity contribution in [2.75, 3.05) is 12.5 Å². The van der Waals surface area contributed by atoms with E-state index in [4.69, 9.17) is 14.2 Å². The molecule has 1 heterocycles. The Hall–Kier alpha value is -2.67. The molecule has 3 rings (SSSR count). The summed E-state index contributed by atoms with van der Waals surface area (Å²) < 4.78 is 15.8. The number of hydrogen-bond acceptors (Lipinski definition) is 6. The lowest BCUT2D eigenvalue weighted by Gasteiger charge is -2.14. The molecule has 0 aromatic heterocycles. The van der Waals surface area contributed by atoms with Crippen molar-refractivity contribution in [3.8, 4) is 11.5 Å². The van der Waals surface area contributed by atoms with Gasteiger partial charge >= 0.3 is 5.97 Å². The SMILES string of the molecule is Cc1ccc(SCC(=O)OC(C)C(=O)NCc2ccc3c(c2)OCO3)cc1C. The number of carbonyl (C=O) groups excluding carboxylic acids is 2. The molecule has 0 radical (unpaired) electrons. The molecule has 7 heteroatoms. The fraction of sp³-hybridized carbons (Fsp3) is 0.333. The number of thioether (sulfide) groups is 1. The number of rotatable bonds is 7. The number of benzene rings is 2. The predicted octanol–water partition coefficient (Wildman–Crippen LogP) is 3.37. The van der Waals surface area contributed by atoms with Gasteiger partial charge in [-0.1, -0.05) is 12.1 Å². The van der Waals surface area contributed by atoms with Gasteiger partial charge in [0.2, 0.25) is 6.79 Å². The average molecular weight is 401 g/mol. The van der Waals surface area contributed by atoms with Gasteiger partial charge in [-0.15, -0.1) is 11.8 Å². The normalized spacial score (nSPS) is 13.1. The van der Waals surface area contributed by atoms with Gasteiger partial charge in [0, 0.05) is 11.4 Å². The molecule has 1 aliphatic rings. The summed E-state index contributed by atoms with van der Waals surface area (Å²) in [5.41, 5.74) is 3.26. The molecule has 28 heavy (non-hydrogen) atoms. The smallest absolute Gasteiger partial charge is 0.317 e. The van der Waals surface area contributed by atoms with Gasteiger partial charge in [-0.3, -0.25) is 9.59 Å². The van der Waals surface area contributed by atoms with E-state index >= 15 is 0 Å². The Morgan fingerprint density at radius 2 is 1.89 bits per heavy atom. The van der Waals surface area contributed by atoms with E-state index in [0.29, 0.717) is 18.0 Å². The average Bonchev–Trinajstić information content (AvgIpc) is 3.14. The summed E-state index contributed by atoms with van der Waals surface area (Å²) in [4.78, 5) is 25.2. The molecule has 0 aliphatic carbocycles. The first-order valence-corrected chi connectivity index (χ1v) is 9.96. The quantitative estimate of drug-likeness (QED) is 0.566. The van der Waals surface area contributed by atoms with Crippen molar-refractivity contribution in [2.24, 2.45) is 0 Å². The van der Waals surface area contributed by atoms with Crippen LogP contribution in [0, 0.1) is 13.8 Å². The van der Waals surface area contributed by atoms with Crippen molar-refractivity contribution in [1.29, 1.82) is 0 Å². The van der Waals surface area contributed by atoms with Crippen molar-refractivity contribution in [2.45, 2.75) is 38.3 Å². The maximum atomic E-state index is 12.2. The van der Waals surface area contributed by atoms with E-state index < -0.39 is 12.1 Å². The molecule has 1 N–H and O–H groups in total. The van der Waals surface area contributed by atoms with Gasteiger partial charge < -0.3 is 19.5 Å². The largest absolute Gasteiger partial charge is 0.454 e. The number of nitrogens with one attached hydrogen (secondary N) is 1. The van der Waals surface area contributed by atoms with E-state index in [1.807, 2.05) is 44.2 Å². The minimum absolute atomic E-state index is 0.155.